The number of nitrogens with zero attached hydrogens (tertiary/aromatic N) is 4. The van der Waals surface area contributed by atoms with Crippen molar-refractivity contribution in [1.29, 1.82) is 0 Å². The predicted octanol–water partition coefficient (Wildman–Crippen LogP) is 2.65. The number of ketones is 1. The van der Waals surface area contributed by atoms with Crippen molar-refractivity contribution in [3.8, 4) is 11.4 Å². The van der Waals surface area contributed by atoms with E-state index in [9.17, 15) is 14.4 Å². The van der Waals surface area contributed by atoms with Gasteiger partial charge in [0.25, 0.3) is 5.56 Å². The molecule has 32 heavy (non-hydrogen) atoms. The first-order valence-corrected chi connectivity index (χ1v) is 10.5. The van der Waals surface area contributed by atoms with Crippen molar-refractivity contribution in [2.24, 2.45) is 5.92 Å². The van der Waals surface area contributed by atoms with Crippen LogP contribution in [0.4, 0.5) is 0 Å². The molecule has 0 radical (unpaired) electrons. The smallest absolute Gasteiger partial charge is 0.337 e. The Labute approximate surface area is 183 Å². The number of rotatable bonds is 7. The van der Waals surface area contributed by atoms with E-state index >= 15 is 0 Å². The summed E-state index contributed by atoms with van der Waals surface area (Å²) in [4.78, 5) is 44.0. The van der Waals surface area contributed by atoms with E-state index < -0.39 is 11.2 Å². The van der Waals surface area contributed by atoms with E-state index in [2.05, 4.69) is 4.98 Å². The molecule has 5 rings (SSSR count). The maximum absolute atomic E-state index is 13.4. The minimum Gasteiger partial charge on any atom is -0.497 e. The molecule has 1 aliphatic carbocycles. The molecule has 0 spiro atoms. The first kappa shape index (κ1) is 20.0. The van der Waals surface area contributed by atoms with Crippen molar-refractivity contribution >= 4 is 16.9 Å². The summed E-state index contributed by atoms with van der Waals surface area (Å²) < 4.78 is 9.46. The second-order valence-corrected chi connectivity index (χ2v) is 8.01. The molecule has 0 atom stereocenters. The van der Waals surface area contributed by atoms with Crippen LogP contribution in [-0.4, -0.2) is 31.6 Å². The molecular formula is C24H22N4O4. The Morgan fingerprint density at radius 1 is 1.09 bits per heavy atom. The Hall–Kier alpha value is -3.94. The van der Waals surface area contributed by atoms with Gasteiger partial charge >= 0.3 is 5.69 Å². The normalized spacial score (nSPS) is 13.4. The molecule has 1 aliphatic rings. The monoisotopic (exact) mass is 430 g/mol. The van der Waals surface area contributed by atoms with Crippen molar-refractivity contribution < 1.29 is 9.53 Å². The van der Waals surface area contributed by atoms with Gasteiger partial charge in [-0.15, -0.1) is 0 Å². The Morgan fingerprint density at radius 3 is 2.59 bits per heavy atom. The third-order valence-electron chi connectivity index (χ3n) is 5.76. The lowest BCUT2D eigenvalue weighted by Crippen LogP contribution is -2.40. The molecule has 0 saturated heterocycles. The van der Waals surface area contributed by atoms with Crippen molar-refractivity contribution in [1.82, 2.24) is 18.7 Å². The van der Waals surface area contributed by atoms with Gasteiger partial charge in [-0.1, -0.05) is 30.3 Å². The molecule has 4 aromatic rings. The molecule has 0 amide bonds. The van der Waals surface area contributed by atoms with E-state index in [0.29, 0.717) is 29.5 Å². The number of ether oxygens (including phenoxy) is 1. The number of carbonyl (C=O) groups is 1. The first-order valence-electron chi connectivity index (χ1n) is 10.5. The Balaban J connectivity index is 1.65. The van der Waals surface area contributed by atoms with E-state index in [0.717, 1.165) is 12.8 Å². The molecule has 1 fully saturated rings. The van der Waals surface area contributed by atoms with Crippen LogP contribution in [0.3, 0.4) is 0 Å². The highest BCUT2D eigenvalue weighted by Gasteiger charge is 2.26. The zero-order valence-electron chi connectivity index (χ0n) is 17.6. The molecule has 0 aliphatic heterocycles. The van der Waals surface area contributed by atoms with Gasteiger partial charge in [0.1, 0.15) is 5.75 Å². The van der Waals surface area contributed by atoms with Crippen LogP contribution in [0.25, 0.3) is 16.9 Å². The van der Waals surface area contributed by atoms with E-state index in [-0.39, 0.29) is 23.5 Å². The lowest BCUT2D eigenvalue weighted by molar-refractivity contribution is 0.0973. The van der Waals surface area contributed by atoms with Gasteiger partial charge in [-0.05, 0) is 43.0 Å². The summed E-state index contributed by atoms with van der Waals surface area (Å²) in [6, 6.07) is 16.0. The van der Waals surface area contributed by atoms with Gasteiger partial charge in [-0.3, -0.25) is 14.2 Å². The van der Waals surface area contributed by atoms with Crippen LogP contribution in [0.1, 0.15) is 23.2 Å². The Bertz CT molecular complexity index is 1430. The van der Waals surface area contributed by atoms with Crippen LogP contribution in [0.2, 0.25) is 0 Å². The number of aromatic nitrogens is 4. The highest BCUT2D eigenvalue weighted by Crippen LogP contribution is 2.30. The second kappa shape index (κ2) is 7.96. The molecule has 0 bridgehead atoms. The molecular weight excluding hydrogens is 408 g/mol. The van der Waals surface area contributed by atoms with Crippen LogP contribution in [0.15, 0.2) is 70.5 Å². The SMILES string of the molecule is COc1cccc(C(=O)Cn2cnc3c2c(=O)n(CC2CC2)c(=O)n3-c2ccccc2)c1. The number of imidazole rings is 1. The number of methoxy groups -OCH3 is 1. The number of Topliss-reactive ketones (excluding diaryl/α,β-unsaturated/α-hetero) is 1. The fourth-order valence-electron chi connectivity index (χ4n) is 3.87. The van der Waals surface area contributed by atoms with Crippen molar-refractivity contribution in [3.05, 3.63) is 87.3 Å². The number of hydrogen-bond acceptors (Lipinski definition) is 5. The summed E-state index contributed by atoms with van der Waals surface area (Å²) in [6.07, 6.45) is 3.45. The summed E-state index contributed by atoms with van der Waals surface area (Å²) >= 11 is 0. The summed E-state index contributed by atoms with van der Waals surface area (Å²) in [5.41, 5.74) is 0.754. The molecule has 8 nitrogen and oxygen atoms in total. The fraction of sp³-hybridized carbons (Fsp3) is 0.250. The largest absolute Gasteiger partial charge is 0.497 e. The maximum atomic E-state index is 13.4. The van der Waals surface area contributed by atoms with E-state index in [1.807, 2.05) is 18.2 Å². The minimum absolute atomic E-state index is 0.0741. The predicted molar refractivity (Wildman–Crippen MR) is 120 cm³/mol. The molecule has 0 unspecified atom stereocenters. The number of fused-ring (bicyclic) bond motifs is 1. The Morgan fingerprint density at radius 2 is 1.88 bits per heavy atom. The highest BCUT2D eigenvalue weighted by atomic mass is 16.5. The van der Waals surface area contributed by atoms with Gasteiger partial charge in [0, 0.05) is 12.1 Å². The minimum atomic E-state index is -0.417. The molecule has 1 saturated carbocycles. The van der Waals surface area contributed by atoms with Gasteiger partial charge in [0.05, 0.1) is 25.7 Å². The average molecular weight is 430 g/mol. The number of benzene rings is 2. The standard InChI is InChI=1S/C24H22N4O4/c1-32-19-9-5-6-17(12-19)20(29)14-26-15-25-22-21(26)23(30)27(13-16-10-11-16)24(31)28(22)18-7-3-2-4-8-18/h2-9,12,15-16H,10-11,13-14H2,1H3. The van der Waals surface area contributed by atoms with Crippen LogP contribution in [0, 0.1) is 5.92 Å². The number of para-hydroxylation sites is 1. The summed E-state index contributed by atoms with van der Waals surface area (Å²) in [6.45, 7) is 0.296. The lowest BCUT2D eigenvalue weighted by Gasteiger charge is -2.12. The topological polar surface area (TPSA) is 88.1 Å². The molecule has 8 heteroatoms. The lowest BCUT2D eigenvalue weighted by atomic mass is 10.1. The van der Waals surface area contributed by atoms with Crippen LogP contribution in [-0.2, 0) is 13.1 Å². The molecule has 2 aromatic carbocycles. The quantitative estimate of drug-likeness (QED) is 0.421. The van der Waals surface area contributed by atoms with Crippen LogP contribution in [0.5, 0.6) is 5.75 Å². The zero-order chi connectivity index (χ0) is 22.2. The Kier molecular flexibility index (Phi) is 4.97. The molecule has 2 aromatic heterocycles. The van der Waals surface area contributed by atoms with E-state index in [1.54, 1.807) is 36.4 Å². The van der Waals surface area contributed by atoms with Gasteiger partial charge in [-0.2, -0.15) is 0 Å². The first-order chi connectivity index (χ1) is 15.6. The fourth-order valence-corrected chi connectivity index (χ4v) is 3.87. The van der Waals surface area contributed by atoms with Crippen molar-refractivity contribution in [2.75, 3.05) is 7.11 Å². The second-order valence-electron chi connectivity index (χ2n) is 8.01. The van der Waals surface area contributed by atoms with E-state index in [1.165, 1.54) is 27.1 Å². The third kappa shape index (κ3) is 3.53. The van der Waals surface area contributed by atoms with Gasteiger partial charge in [-0.25, -0.2) is 14.3 Å². The summed E-state index contributed by atoms with van der Waals surface area (Å²) in [5, 5.41) is 0. The molecule has 2 heterocycles. The van der Waals surface area contributed by atoms with Crippen molar-refractivity contribution in [2.45, 2.75) is 25.9 Å². The van der Waals surface area contributed by atoms with Crippen LogP contribution >= 0.6 is 0 Å². The number of hydrogen-bond donors (Lipinski definition) is 0. The van der Waals surface area contributed by atoms with Crippen molar-refractivity contribution in [3.63, 3.8) is 0 Å². The number of carbonyl (C=O) groups excluding carboxylic acids is 1. The zero-order valence-corrected chi connectivity index (χ0v) is 17.6. The average Bonchev–Trinajstić information content (AvgIpc) is 3.56. The van der Waals surface area contributed by atoms with Gasteiger partial charge in [0.2, 0.25) is 0 Å². The third-order valence-corrected chi connectivity index (χ3v) is 5.76. The molecule has 0 N–H and O–H groups in total. The molecule has 162 valence electrons. The summed E-state index contributed by atoms with van der Waals surface area (Å²) in [5.74, 6) is 0.724. The highest BCUT2D eigenvalue weighted by molar-refractivity contribution is 5.96. The van der Waals surface area contributed by atoms with Crippen LogP contribution < -0.4 is 16.0 Å². The van der Waals surface area contributed by atoms with E-state index in [4.69, 9.17) is 4.74 Å². The summed E-state index contributed by atoms with van der Waals surface area (Å²) in [7, 11) is 1.54. The van der Waals surface area contributed by atoms with Gasteiger partial charge < -0.3 is 9.30 Å². The van der Waals surface area contributed by atoms with Gasteiger partial charge in [0.15, 0.2) is 16.9 Å². The maximum Gasteiger partial charge on any atom is 0.337 e.